The van der Waals surface area contributed by atoms with Crippen LogP contribution in [0.2, 0.25) is 0 Å². The Kier molecular flexibility index (Phi) is 3.35. The molecule has 0 saturated heterocycles. The summed E-state index contributed by atoms with van der Waals surface area (Å²) in [5, 5.41) is 0. The van der Waals surface area contributed by atoms with E-state index >= 15 is 0 Å². The summed E-state index contributed by atoms with van der Waals surface area (Å²) in [6.45, 7) is 0.175. The van der Waals surface area contributed by atoms with E-state index in [2.05, 4.69) is 19.9 Å². The molecule has 0 spiro atoms. The van der Waals surface area contributed by atoms with Gasteiger partial charge in [-0.1, -0.05) is 18.2 Å². The number of aromatic nitrogens is 4. The van der Waals surface area contributed by atoms with Crippen LogP contribution >= 0.6 is 0 Å². The number of benzene rings is 1. The zero-order chi connectivity index (χ0) is 16.6. The fraction of sp³-hybridized carbons (Fsp3) is 0.0667. The third-order valence-electron chi connectivity index (χ3n) is 3.46. The second-order valence-electron chi connectivity index (χ2n) is 4.98. The molecule has 0 unspecified atom stereocenters. The zero-order valence-corrected chi connectivity index (χ0v) is 13.1. The van der Waals surface area contributed by atoms with Crippen LogP contribution in [0.4, 0.5) is 5.95 Å². The van der Waals surface area contributed by atoms with Gasteiger partial charge in [0.25, 0.3) is 10.0 Å². The van der Waals surface area contributed by atoms with Gasteiger partial charge in [0.15, 0.2) is 0 Å². The van der Waals surface area contributed by atoms with Crippen molar-refractivity contribution in [3.8, 4) is 11.8 Å². The molecule has 3 aromatic rings. The Morgan fingerprint density at radius 1 is 1.08 bits per heavy atom. The Labute approximate surface area is 137 Å². The fourth-order valence-electron chi connectivity index (χ4n) is 2.38. The standard InChI is InChI=1S/C15H11N5O3S/c21-24(22)13-6-2-1-4-11(13)9-20(24)14-17-10-18-15(19-14)23-12-5-3-7-16-8-12/h1-8,10H,9H2. The zero-order valence-electron chi connectivity index (χ0n) is 12.3. The largest absolute Gasteiger partial charge is 0.423 e. The molecule has 4 rings (SSSR count). The highest BCUT2D eigenvalue weighted by atomic mass is 32.2. The SMILES string of the molecule is O=S1(=O)c2ccccc2CN1c1ncnc(Oc2cccnc2)n1. The van der Waals surface area contributed by atoms with Crippen molar-refractivity contribution >= 4 is 16.0 Å². The number of fused-ring (bicyclic) bond motifs is 1. The van der Waals surface area contributed by atoms with Crippen molar-refractivity contribution in [1.82, 2.24) is 19.9 Å². The number of pyridine rings is 1. The van der Waals surface area contributed by atoms with E-state index in [1.807, 2.05) is 0 Å². The molecule has 1 aliphatic heterocycles. The van der Waals surface area contributed by atoms with Crippen LogP contribution in [0.1, 0.15) is 5.56 Å². The molecule has 0 fully saturated rings. The van der Waals surface area contributed by atoms with Gasteiger partial charge in [-0.25, -0.2) is 17.7 Å². The Hall–Kier alpha value is -3.07. The van der Waals surface area contributed by atoms with Crippen molar-refractivity contribution in [3.05, 3.63) is 60.7 Å². The molecular formula is C15H11N5O3S. The van der Waals surface area contributed by atoms with Gasteiger partial charge in [-0.15, -0.1) is 0 Å². The van der Waals surface area contributed by atoms with Gasteiger partial charge >= 0.3 is 6.01 Å². The van der Waals surface area contributed by atoms with Crippen molar-refractivity contribution in [2.45, 2.75) is 11.4 Å². The molecule has 9 heteroatoms. The molecular weight excluding hydrogens is 330 g/mol. The van der Waals surface area contributed by atoms with E-state index in [0.717, 1.165) is 4.31 Å². The lowest BCUT2D eigenvalue weighted by Crippen LogP contribution is -2.25. The molecule has 0 aliphatic carbocycles. The number of rotatable bonds is 3. The summed E-state index contributed by atoms with van der Waals surface area (Å²) in [7, 11) is -3.68. The van der Waals surface area contributed by atoms with E-state index in [1.54, 1.807) is 42.6 Å². The van der Waals surface area contributed by atoms with Gasteiger partial charge in [-0.05, 0) is 23.8 Å². The van der Waals surface area contributed by atoms with Gasteiger partial charge < -0.3 is 4.74 Å². The molecule has 0 amide bonds. The van der Waals surface area contributed by atoms with Gasteiger partial charge in [0.1, 0.15) is 12.1 Å². The molecule has 120 valence electrons. The van der Waals surface area contributed by atoms with E-state index in [4.69, 9.17) is 4.74 Å². The van der Waals surface area contributed by atoms with Crippen LogP contribution in [0.5, 0.6) is 11.8 Å². The van der Waals surface area contributed by atoms with Crippen LogP contribution < -0.4 is 9.04 Å². The van der Waals surface area contributed by atoms with Crippen molar-refractivity contribution in [2.24, 2.45) is 0 Å². The van der Waals surface area contributed by atoms with E-state index in [-0.39, 0.29) is 23.4 Å². The van der Waals surface area contributed by atoms with Gasteiger partial charge in [0, 0.05) is 6.20 Å². The van der Waals surface area contributed by atoms with E-state index in [9.17, 15) is 8.42 Å². The van der Waals surface area contributed by atoms with E-state index < -0.39 is 10.0 Å². The van der Waals surface area contributed by atoms with Crippen LogP contribution in [-0.4, -0.2) is 28.4 Å². The number of hydrogen-bond acceptors (Lipinski definition) is 7. The highest BCUT2D eigenvalue weighted by Crippen LogP contribution is 2.32. The topological polar surface area (TPSA) is 98.2 Å². The lowest BCUT2D eigenvalue weighted by Gasteiger charge is -2.14. The highest BCUT2D eigenvalue weighted by molar-refractivity contribution is 7.93. The number of sulfonamides is 1. The minimum absolute atomic E-state index is 0.000781. The average molecular weight is 341 g/mol. The molecule has 24 heavy (non-hydrogen) atoms. The summed E-state index contributed by atoms with van der Waals surface area (Å²) in [4.78, 5) is 16.2. The second kappa shape index (κ2) is 5.53. The normalized spacial score (nSPS) is 15.1. The van der Waals surface area contributed by atoms with Crippen LogP contribution in [0, 0.1) is 0 Å². The second-order valence-corrected chi connectivity index (χ2v) is 6.81. The molecule has 0 N–H and O–H groups in total. The van der Waals surface area contributed by atoms with Crippen molar-refractivity contribution in [2.75, 3.05) is 4.31 Å². The molecule has 8 nitrogen and oxygen atoms in total. The highest BCUT2D eigenvalue weighted by Gasteiger charge is 2.36. The minimum atomic E-state index is -3.68. The molecule has 3 heterocycles. The van der Waals surface area contributed by atoms with Crippen LogP contribution in [-0.2, 0) is 16.6 Å². The monoisotopic (exact) mass is 341 g/mol. The maximum absolute atomic E-state index is 12.6. The summed E-state index contributed by atoms with van der Waals surface area (Å²) in [5.74, 6) is 0.460. The third kappa shape index (κ3) is 2.44. The number of ether oxygens (including phenoxy) is 1. The summed E-state index contributed by atoms with van der Waals surface area (Å²) < 4.78 is 31.9. The predicted molar refractivity (Wildman–Crippen MR) is 83.9 cm³/mol. The molecule has 2 aromatic heterocycles. The first-order valence-corrected chi connectivity index (χ1v) is 8.46. The maximum atomic E-state index is 12.6. The van der Waals surface area contributed by atoms with Crippen molar-refractivity contribution in [1.29, 1.82) is 0 Å². The predicted octanol–water partition coefficient (Wildman–Crippen LogP) is 1.77. The molecule has 0 atom stereocenters. The van der Waals surface area contributed by atoms with Gasteiger partial charge in [0.2, 0.25) is 5.95 Å². The van der Waals surface area contributed by atoms with Crippen LogP contribution in [0.15, 0.2) is 60.0 Å². The third-order valence-corrected chi connectivity index (χ3v) is 5.28. The summed E-state index contributed by atoms with van der Waals surface area (Å²) in [6, 6.07) is 10.2. The minimum Gasteiger partial charge on any atom is -0.423 e. The van der Waals surface area contributed by atoms with Gasteiger partial charge in [0.05, 0.1) is 17.6 Å². The lowest BCUT2D eigenvalue weighted by molar-refractivity contribution is 0.437. The quantitative estimate of drug-likeness (QED) is 0.716. The number of nitrogens with zero attached hydrogens (tertiary/aromatic N) is 5. The van der Waals surface area contributed by atoms with Gasteiger partial charge in [-0.3, -0.25) is 4.98 Å². The summed E-state index contributed by atoms with van der Waals surface area (Å²) in [6.07, 6.45) is 4.33. The molecule has 1 aliphatic rings. The first-order valence-electron chi connectivity index (χ1n) is 7.02. The summed E-state index contributed by atoms with van der Waals surface area (Å²) in [5.41, 5.74) is 0.702. The molecule has 1 aromatic carbocycles. The van der Waals surface area contributed by atoms with Crippen LogP contribution in [0.3, 0.4) is 0 Å². The smallest absolute Gasteiger partial charge is 0.326 e. The fourth-order valence-corrected chi connectivity index (χ4v) is 3.94. The van der Waals surface area contributed by atoms with Crippen LogP contribution in [0.25, 0.3) is 0 Å². The van der Waals surface area contributed by atoms with E-state index in [1.165, 1.54) is 12.5 Å². The average Bonchev–Trinajstić information content (AvgIpc) is 2.88. The van der Waals surface area contributed by atoms with Crippen molar-refractivity contribution in [3.63, 3.8) is 0 Å². The maximum Gasteiger partial charge on any atom is 0.326 e. The lowest BCUT2D eigenvalue weighted by atomic mass is 10.2. The number of hydrogen-bond donors (Lipinski definition) is 0. The molecule has 0 bridgehead atoms. The first-order chi connectivity index (χ1) is 11.6. The van der Waals surface area contributed by atoms with Gasteiger partial charge in [-0.2, -0.15) is 9.97 Å². The Bertz CT molecular complexity index is 995. The first kappa shape index (κ1) is 14.5. The Morgan fingerprint density at radius 2 is 1.96 bits per heavy atom. The molecule has 0 saturated carbocycles. The van der Waals surface area contributed by atoms with E-state index in [0.29, 0.717) is 11.3 Å². The summed E-state index contributed by atoms with van der Waals surface area (Å²) >= 11 is 0. The Balaban J connectivity index is 1.68. The number of anilines is 1. The van der Waals surface area contributed by atoms with Crippen molar-refractivity contribution < 1.29 is 13.2 Å². The molecule has 0 radical (unpaired) electrons. The Morgan fingerprint density at radius 3 is 2.75 bits per heavy atom.